The minimum absolute atomic E-state index is 0.0299. The molecule has 0 spiro atoms. The SMILES string of the molecule is Cc1noc(C)c1CNC(=O)N[C@H](C)c1ccc(F)c(Cl)c1. The van der Waals surface area contributed by atoms with E-state index in [1.165, 1.54) is 12.1 Å². The van der Waals surface area contributed by atoms with E-state index >= 15 is 0 Å². The van der Waals surface area contributed by atoms with Gasteiger partial charge in [0, 0.05) is 12.1 Å². The number of nitrogens with one attached hydrogen (secondary N) is 2. The van der Waals surface area contributed by atoms with Crippen molar-refractivity contribution in [1.82, 2.24) is 15.8 Å². The molecule has 1 aromatic heterocycles. The third-order valence-corrected chi connectivity index (χ3v) is 3.69. The molecule has 0 bridgehead atoms. The third-order valence-electron chi connectivity index (χ3n) is 3.40. The van der Waals surface area contributed by atoms with Crippen LogP contribution in [0.5, 0.6) is 0 Å². The summed E-state index contributed by atoms with van der Waals surface area (Å²) in [7, 11) is 0. The van der Waals surface area contributed by atoms with E-state index in [2.05, 4.69) is 15.8 Å². The molecule has 0 saturated heterocycles. The zero-order chi connectivity index (χ0) is 16.3. The van der Waals surface area contributed by atoms with Gasteiger partial charge >= 0.3 is 6.03 Å². The second-order valence-corrected chi connectivity index (χ2v) is 5.43. The molecule has 0 aliphatic carbocycles. The van der Waals surface area contributed by atoms with Crippen LogP contribution >= 0.6 is 11.6 Å². The van der Waals surface area contributed by atoms with E-state index in [0.717, 1.165) is 16.8 Å². The number of benzene rings is 1. The number of hydrogen-bond donors (Lipinski definition) is 2. The van der Waals surface area contributed by atoms with Gasteiger partial charge in [-0.2, -0.15) is 0 Å². The number of hydrogen-bond acceptors (Lipinski definition) is 3. The van der Waals surface area contributed by atoms with Crippen molar-refractivity contribution in [3.8, 4) is 0 Å². The summed E-state index contributed by atoms with van der Waals surface area (Å²) < 4.78 is 18.2. The predicted octanol–water partition coefficient (Wildman–Crippen LogP) is 3.64. The number of rotatable bonds is 4. The van der Waals surface area contributed by atoms with Crippen molar-refractivity contribution in [2.75, 3.05) is 0 Å². The molecule has 0 aliphatic rings. The number of urea groups is 1. The third kappa shape index (κ3) is 3.76. The number of amides is 2. The number of aryl methyl sites for hydroxylation is 2. The second-order valence-electron chi connectivity index (χ2n) is 5.02. The highest BCUT2D eigenvalue weighted by Gasteiger charge is 2.13. The molecule has 0 unspecified atom stereocenters. The monoisotopic (exact) mass is 325 g/mol. The Morgan fingerprint density at radius 1 is 1.45 bits per heavy atom. The van der Waals surface area contributed by atoms with E-state index in [1.54, 1.807) is 19.9 Å². The molecule has 22 heavy (non-hydrogen) atoms. The topological polar surface area (TPSA) is 67.2 Å². The van der Waals surface area contributed by atoms with Crippen molar-refractivity contribution in [1.29, 1.82) is 0 Å². The minimum atomic E-state index is -0.486. The Morgan fingerprint density at radius 3 is 2.77 bits per heavy atom. The molecule has 0 radical (unpaired) electrons. The Balaban J connectivity index is 1.92. The van der Waals surface area contributed by atoms with Gasteiger partial charge < -0.3 is 15.2 Å². The van der Waals surface area contributed by atoms with E-state index in [1.807, 2.05) is 6.92 Å². The molecule has 2 rings (SSSR count). The molecule has 1 aromatic carbocycles. The van der Waals surface area contributed by atoms with E-state index in [4.69, 9.17) is 16.1 Å². The summed E-state index contributed by atoms with van der Waals surface area (Å²) in [4.78, 5) is 11.9. The van der Waals surface area contributed by atoms with Gasteiger partial charge in [-0.3, -0.25) is 0 Å². The predicted molar refractivity (Wildman–Crippen MR) is 81.2 cm³/mol. The number of halogens is 2. The van der Waals surface area contributed by atoms with Crippen LogP contribution in [0, 0.1) is 19.7 Å². The molecule has 5 nitrogen and oxygen atoms in total. The van der Waals surface area contributed by atoms with Gasteiger partial charge in [0.15, 0.2) is 0 Å². The number of aromatic nitrogens is 1. The molecule has 2 amide bonds. The van der Waals surface area contributed by atoms with Crippen LogP contribution < -0.4 is 10.6 Å². The Labute approximate surface area is 132 Å². The summed E-state index contributed by atoms with van der Waals surface area (Å²) in [6, 6.07) is 3.71. The summed E-state index contributed by atoms with van der Waals surface area (Å²) >= 11 is 5.74. The fourth-order valence-electron chi connectivity index (χ4n) is 2.04. The van der Waals surface area contributed by atoms with E-state index < -0.39 is 5.82 Å². The smallest absolute Gasteiger partial charge is 0.315 e. The maximum absolute atomic E-state index is 13.1. The molecular weight excluding hydrogens is 309 g/mol. The highest BCUT2D eigenvalue weighted by atomic mass is 35.5. The minimum Gasteiger partial charge on any atom is -0.361 e. The van der Waals surface area contributed by atoms with Crippen LogP contribution in [0.4, 0.5) is 9.18 Å². The maximum Gasteiger partial charge on any atom is 0.315 e. The van der Waals surface area contributed by atoms with E-state index in [-0.39, 0.29) is 17.1 Å². The zero-order valence-electron chi connectivity index (χ0n) is 12.5. The summed E-state index contributed by atoms with van der Waals surface area (Å²) in [6.45, 7) is 5.72. The molecule has 1 atom stereocenters. The van der Waals surface area contributed by atoms with Gasteiger partial charge in [0.25, 0.3) is 0 Å². The Hall–Kier alpha value is -2.08. The first kappa shape index (κ1) is 16.3. The molecule has 2 N–H and O–H groups in total. The van der Waals surface area contributed by atoms with Crippen LogP contribution in [0.1, 0.15) is 35.5 Å². The number of carbonyl (C=O) groups excluding carboxylic acids is 1. The van der Waals surface area contributed by atoms with Crippen molar-refractivity contribution in [2.24, 2.45) is 0 Å². The standard InChI is InChI=1S/C15H17ClFN3O2/c1-8(11-4-5-14(17)13(16)6-11)19-15(21)18-7-12-9(2)20-22-10(12)3/h4-6,8H,7H2,1-3H3,(H2,18,19,21)/t8-/m1/s1. The summed E-state index contributed by atoms with van der Waals surface area (Å²) in [5.41, 5.74) is 2.32. The van der Waals surface area contributed by atoms with E-state index in [9.17, 15) is 9.18 Å². The number of carbonyl (C=O) groups is 1. The second kappa shape index (κ2) is 6.79. The van der Waals surface area contributed by atoms with Crippen LogP contribution in [0.15, 0.2) is 22.7 Å². The summed E-state index contributed by atoms with van der Waals surface area (Å²) in [6.07, 6.45) is 0. The van der Waals surface area contributed by atoms with Gasteiger partial charge in [-0.15, -0.1) is 0 Å². The first-order valence-electron chi connectivity index (χ1n) is 6.79. The van der Waals surface area contributed by atoms with Crippen LogP contribution in [-0.4, -0.2) is 11.2 Å². The maximum atomic E-state index is 13.1. The van der Waals surface area contributed by atoms with Gasteiger partial charge in [-0.25, -0.2) is 9.18 Å². The molecule has 0 saturated carbocycles. The van der Waals surface area contributed by atoms with Gasteiger partial charge in [0.2, 0.25) is 0 Å². The average Bonchev–Trinajstić information content (AvgIpc) is 2.78. The fourth-order valence-corrected chi connectivity index (χ4v) is 2.22. The average molecular weight is 326 g/mol. The Kier molecular flexibility index (Phi) is 5.03. The van der Waals surface area contributed by atoms with Crippen LogP contribution in [0.2, 0.25) is 5.02 Å². The van der Waals surface area contributed by atoms with Crippen molar-refractivity contribution in [2.45, 2.75) is 33.4 Å². The van der Waals surface area contributed by atoms with Crippen LogP contribution in [0.25, 0.3) is 0 Å². The van der Waals surface area contributed by atoms with Gasteiger partial charge in [0.05, 0.1) is 16.8 Å². The van der Waals surface area contributed by atoms with Crippen molar-refractivity contribution in [3.63, 3.8) is 0 Å². The first-order chi connectivity index (χ1) is 10.4. The molecule has 118 valence electrons. The van der Waals surface area contributed by atoms with Crippen molar-refractivity contribution >= 4 is 17.6 Å². The molecular formula is C15H17ClFN3O2. The van der Waals surface area contributed by atoms with Gasteiger partial charge in [-0.1, -0.05) is 22.8 Å². The highest BCUT2D eigenvalue weighted by molar-refractivity contribution is 6.30. The Bertz CT molecular complexity index is 668. The van der Waals surface area contributed by atoms with Crippen molar-refractivity contribution in [3.05, 3.63) is 51.6 Å². The zero-order valence-corrected chi connectivity index (χ0v) is 13.3. The normalized spacial score (nSPS) is 12.0. The largest absolute Gasteiger partial charge is 0.361 e. The molecule has 1 heterocycles. The quantitative estimate of drug-likeness (QED) is 0.901. The lowest BCUT2D eigenvalue weighted by Crippen LogP contribution is -2.36. The molecule has 0 aliphatic heterocycles. The molecule has 0 fully saturated rings. The van der Waals surface area contributed by atoms with Crippen LogP contribution in [0.3, 0.4) is 0 Å². The lowest BCUT2D eigenvalue weighted by atomic mass is 10.1. The van der Waals surface area contributed by atoms with Gasteiger partial charge in [-0.05, 0) is 38.5 Å². The highest BCUT2D eigenvalue weighted by Crippen LogP contribution is 2.20. The van der Waals surface area contributed by atoms with Crippen molar-refractivity contribution < 1.29 is 13.7 Å². The Morgan fingerprint density at radius 2 is 2.18 bits per heavy atom. The molecule has 7 heteroatoms. The van der Waals surface area contributed by atoms with Gasteiger partial charge in [0.1, 0.15) is 11.6 Å². The summed E-state index contributed by atoms with van der Waals surface area (Å²) in [5, 5.41) is 9.35. The van der Waals surface area contributed by atoms with Crippen LogP contribution in [-0.2, 0) is 6.54 Å². The fraction of sp³-hybridized carbons (Fsp3) is 0.333. The van der Waals surface area contributed by atoms with E-state index in [0.29, 0.717) is 12.3 Å². The molecule has 2 aromatic rings. The first-order valence-corrected chi connectivity index (χ1v) is 7.17. The lowest BCUT2D eigenvalue weighted by Gasteiger charge is -2.15. The lowest BCUT2D eigenvalue weighted by molar-refractivity contribution is 0.237. The number of nitrogens with zero attached hydrogens (tertiary/aromatic N) is 1. The summed E-state index contributed by atoms with van der Waals surface area (Å²) in [5.74, 6) is 0.191.